The molecule has 1 amide bonds. The Kier molecular flexibility index (Phi) is 3.19. The van der Waals surface area contributed by atoms with Gasteiger partial charge in [0.2, 0.25) is 5.91 Å². The summed E-state index contributed by atoms with van der Waals surface area (Å²) in [5.41, 5.74) is 8.52. The van der Waals surface area contributed by atoms with Crippen molar-refractivity contribution in [3.63, 3.8) is 0 Å². The quantitative estimate of drug-likeness (QED) is 0.644. The number of nitrogens with one attached hydrogen (secondary N) is 2. The largest absolute Gasteiger partial charge is 0.423 e. The molecule has 6 nitrogen and oxygen atoms in total. The highest BCUT2D eigenvalue weighted by molar-refractivity contribution is 5.90. The fourth-order valence-corrected chi connectivity index (χ4v) is 2.00. The van der Waals surface area contributed by atoms with Crippen LogP contribution in [-0.4, -0.2) is 15.9 Å². The molecule has 2 aromatic carbocycles. The summed E-state index contributed by atoms with van der Waals surface area (Å²) in [4.78, 5) is 18.6. The highest BCUT2D eigenvalue weighted by atomic mass is 16.5. The Morgan fingerprint density at radius 1 is 1.29 bits per heavy atom. The van der Waals surface area contributed by atoms with Gasteiger partial charge in [-0.3, -0.25) is 4.79 Å². The third-order valence-electron chi connectivity index (χ3n) is 2.89. The van der Waals surface area contributed by atoms with E-state index in [9.17, 15) is 4.79 Å². The third kappa shape index (κ3) is 2.79. The summed E-state index contributed by atoms with van der Waals surface area (Å²) < 4.78 is 5.71. The van der Waals surface area contributed by atoms with Crippen molar-refractivity contribution >= 4 is 28.3 Å². The molecule has 1 heterocycles. The highest BCUT2D eigenvalue weighted by Gasteiger charge is 2.09. The summed E-state index contributed by atoms with van der Waals surface area (Å²) in [5.74, 6) is 0.350. The van der Waals surface area contributed by atoms with Gasteiger partial charge in [-0.25, -0.2) is 0 Å². The van der Waals surface area contributed by atoms with Gasteiger partial charge >= 0.3 is 0 Å². The summed E-state index contributed by atoms with van der Waals surface area (Å²) in [6, 6.07) is 12.9. The molecule has 0 aliphatic carbocycles. The van der Waals surface area contributed by atoms with Crippen molar-refractivity contribution in [3.05, 3.63) is 42.5 Å². The van der Waals surface area contributed by atoms with Crippen molar-refractivity contribution in [1.82, 2.24) is 9.97 Å². The van der Waals surface area contributed by atoms with Gasteiger partial charge in [0.1, 0.15) is 0 Å². The molecule has 0 saturated heterocycles. The van der Waals surface area contributed by atoms with Crippen molar-refractivity contribution < 1.29 is 9.53 Å². The number of aromatic nitrogens is 2. The Morgan fingerprint density at radius 2 is 2.10 bits per heavy atom. The molecule has 0 aliphatic rings. The predicted molar refractivity (Wildman–Crippen MR) is 81.3 cm³/mol. The van der Waals surface area contributed by atoms with Gasteiger partial charge < -0.3 is 20.8 Å². The SMILES string of the molecule is CC(=O)Nc1ccccc1Oc1nc2ccc(N)cc2[nH]1. The standard InChI is InChI=1S/C15H14N4O2/c1-9(20)17-12-4-2-3-5-14(12)21-15-18-11-7-6-10(16)8-13(11)19-15/h2-8H,16H2,1H3,(H,17,20)(H,18,19). The van der Waals surface area contributed by atoms with Gasteiger partial charge in [0.15, 0.2) is 5.75 Å². The first-order valence-electron chi connectivity index (χ1n) is 6.41. The fraction of sp³-hybridized carbons (Fsp3) is 0.0667. The Bertz CT molecular complexity index is 810. The van der Waals surface area contributed by atoms with E-state index in [4.69, 9.17) is 10.5 Å². The number of H-pyrrole nitrogens is 1. The van der Waals surface area contributed by atoms with Crippen LogP contribution in [0.25, 0.3) is 11.0 Å². The van der Waals surface area contributed by atoms with E-state index in [0.717, 1.165) is 11.0 Å². The maximum Gasteiger partial charge on any atom is 0.300 e. The van der Waals surface area contributed by atoms with Gasteiger partial charge in [0, 0.05) is 12.6 Å². The van der Waals surface area contributed by atoms with E-state index in [1.807, 2.05) is 18.2 Å². The number of hydrogen-bond acceptors (Lipinski definition) is 4. The Labute approximate surface area is 120 Å². The van der Waals surface area contributed by atoms with Gasteiger partial charge in [-0.15, -0.1) is 0 Å². The first-order valence-corrected chi connectivity index (χ1v) is 6.41. The number of nitrogen functional groups attached to an aromatic ring is 1. The van der Waals surface area contributed by atoms with Crippen molar-refractivity contribution in [2.75, 3.05) is 11.1 Å². The number of ether oxygens (including phenoxy) is 1. The summed E-state index contributed by atoms with van der Waals surface area (Å²) in [5, 5.41) is 2.71. The molecule has 0 atom stereocenters. The number of carbonyl (C=O) groups is 1. The number of benzene rings is 2. The molecular weight excluding hydrogens is 268 g/mol. The van der Waals surface area contributed by atoms with Crippen LogP contribution in [0.1, 0.15) is 6.92 Å². The Balaban J connectivity index is 1.93. The van der Waals surface area contributed by atoms with E-state index in [1.165, 1.54) is 6.92 Å². The van der Waals surface area contributed by atoms with Crippen LogP contribution in [0.3, 0.4) is 0 Å². The monoisotopic (exact) mass is 282 g/mol. The van der Waals surface area contributed by atoms with Crippen LogP contribution in [0.15, 0.2) is 42.5 Å². The van der Waals surface area contributed by atoms with Crippen LogP contribution >= 0.6 is 0 Å². The van der Waals surface area contributed by atoms with Crippen LogP contribution < -0.4 is 15.8 Å². The lowest BCUT2D eigenvalue weighted by Crippen LogP contribution is -2.06. The molecule has 4 N–H and O–H groups in total. The Morgan fingerprint density at radius 3 is 2.90 bits per heavy atom. The van der Waals surface area contributed by atoms with Crippen LogP contribution in [-0.2, 0) is 4.79 Å². The minimum absolute atomic E-state index is 0.163. The zero-order chi connectivity index (χ0) is 14.8. The molecule has 0 aliphatic heterocycles. The lowest BCUT2D eigenvalue weighted by Gasteiger charge is -2.08. The predicted octanol–water partition coefficient (Wildman–Crippen LogP) is 2.90. The number of nitrogens with zero attached hydrogens (tertiary/aromatic N) is 1. The fourth-order valence-electron chi connectivity index (χ4n) is 2.00. The van der Waals surface area contributed by atoms with E-state index in [1.54, 1.807) is 24.3 Å². The number of fused-ring (bicyclic) bond motifs is 1. The minimum Gasteiger partial charge on any atom is -0.423 e. The highest BCUT2D eigenvalue weighted by Crippen LogP contribution is 2.29. The summed E-state index contributed by atoms with van der Waals surface area (Å²) >= 11 is 0. The number of amides is 1. The summed E-state index contributed by atoms with van der Waals surface area (Å²) in [6.07, 6.45) is 0. The average Bonchev–Trinajstić information content (AvgIpc) is 2.82. The molecule has 0 fully saturated rings. The maximum atomic E-state index is 11.2. The number of rotatable bonds is 3. The molecule has 106 valence electrons. The molecule has 1 aromatic heterocycles. The van der Waals surface area contributed by atoms with E-state index in [2.05, 4.69) is 15.3 Å². The number of imidazole rings is 1. The van der Waals surface area contributed by atoms with E-state index in [0.29, 0.717) is 23.1 Å². The second kappa shape index (κ2) is 5.16. The van der Waals surface area contributed by atoms with Gasteiger partial charge in [-0.1, -0.05) is 12.1 Å². The third-order valence-corrected chi connectivity index (χ3v) is 2.89. The lowest BCUT2D eigenvalue weighted by molar-refractivity contribution is -0.114. The number of carbonyl (C=O) groups excluding carboxylic acids is 1. The Hall–Kier alpha value is -3.02. The van der Waals surface area contributed by atoms with Gasteiger partial charge in [-0.05, 0) is 30.3 Å². The molecule has 3 aromatic rings. The molecule has 0 bridgehead atoms. The van der Waals surface area contributed by atoms with Crippen molar-refractivity contribution in [1.29, 1.82) is 0 Å². The van der Waals surface area contributed by atoms with E-state index in [-0.39, 0.29) is 5.91 Å². The minimum atomic E-state index is -0.163. The van der Waals surface area contributed by atoms with Gasteiger partial charge in [-0.2, -0.15) is 4.98 Å². The molecule has 21 heavy (non-hydrogen) atoms. The number of aromatic amines is 1. The second-order valence-electron chi connectivity index (χ2n) is 4.60. The second-order valence-corrected chi connectivity index (χ2v) is 4.60. The molecular formula is C15H14N4O2. The molecule has 3 rings (SSSR count). The number of para-hydroxylation sites is 2. The van der Waals surface area contributed by atoms with Gasteiger partial charge in [0.05, 0.1) is 16.7 Å². The lowest BCUT2D eigenvalue weighted by atomic mass is 10.3. The van der Waals surface area contributed by atoms with Crippen LogP contribution in [0.5, 0.6) is 11.8 Å². The zero-order valence-corrected chi connectivity index (χ0v) is 11.4. The molecule has 0 radical (unpaired) electrons. The first-order chi connectivity index (χ1) is 10.1. The first kappa shape index (κ1) is 13.0. The molecule has 0 unspecified atom stereocenters. The normalized spacial score (nSPS) is 10.5. The summed E-state index contributed by atoms with van der Waals surface area (Å²) in [6.45, 7) is 1.45. The van der Waals surface area contributed by atoms with Crippen LogP contribution in [0.4, 0.5) is 11.4 Å². The zero-order valence-electron chi connectivity index (χ0n) is 11.4. The molecule has 6 heteroatoms. The van der Waals surface area contributed by atoms with Crippen LogP contribution in [0.2, 0.25) is 0 Å². The van der Waals surface area contributed by atoms with Crippen molar-refractivity contribution in [2.45, 2.75) is 6.92 Å². The topological polar surface area (TPSA) is 93.0 Å². The van der Waals surface area contributed by atoms with Gasteiger partial charge in [0.25, 0.3) is 6.01 Å². The maximum absolute atomic E-state index is 11.2. The van der Waals surface area contributed by atoms with Crippen LogP contribution in [0, 0.1) is 0 Å². The number of hydrogen-bond donors (Lipinski definition) is 3. The molecule has 0 saturated carbocycles. The average molecular weight is 282 g/mol. The van der Waals surface area contributed by atoms with E-state index >= 15 is 0 Å². The smallest absolute Gasteiger partial charge is 0.300 e. The van der Waals surface area contributed by atoms with E-state index < -0.39 is 0 Å². The van der Waals surface area contributed by atoms with Crippen molar-refractivity contribution in [3.8, 4) is 11.8 Å². The summed E-state index contributed by atoms with van der Waals surface area (Å²) in [7, 11) is 0. The number of anilines is 2. The number of nitrogens with two attached hydrogens (primary N) is 1. The van der Waals surface area contributed by atoms with Crippen molar-refractivity contribution in [2.24, 2.45) is 0 Å². The molecule has 0 spiro atoms.